The standard InChI is InChI=1S/C20H27NO3/c1-16(7-5-8-17(2)12-14-22)10-11-19-18(15-24-21-23)9-6-13-20(19,3)4/h5,7-8,10-12,14H,6,9,13,15H2,1-4H3. The van der Waals surface area contributed by atoms with Gasteiger partial charge in [0.1, 0.15) is 12.9 Å². The van der Waals surface area contributed by atoms with Crippen LogP contribution in [0.4, 0.5) is 0 Å². The van der Waals surface area contributed by atoms with Gasteiger partial charge < -0.3 is 4.84 Å². The van der Waals surface area contributed by atoms with Crippen molar-refractivity contribution in [3.05, 3.63) is 63.7 Å². The van der Waals surface area contributed by atoms with Crippen molar-refractivity contribution < 1.29 is 9.63 Å². The average molecular weight is 329 g/mol. The third-order valence-corrected chi connectivity index (χ3v) is 4.24. The number of nitrogens with zero attached hydrogens (tertiary/aromatic N) is 1. The van der Waals surface area contributed by atoms with Gasteiger partial charge >= 0.3 is 0 Å². The summed E-state index contributed by atoms with van der Waals surface area (Å²) in [5.41, 5.74) is 4.46. The first kappa shape index (κ1) is 19.8. The first-order valence-electron chi connectivity index (χ1n) is 8.23. The van der Waals surface area contributed by atoms with Gasteiger partial charge in [0.2, 0.25) is 0 Å². The van der Waals surface area contributed by atoms with E-state index in [1.54, 1.807) is 0 Å². The van der Waals surface area contributed by atoms with Crippen LogP contribution < -0.4 is 0 Å². The molecular weight excluding hydrogens is 302 g/mol. The lowest BCUT2D eigenvalue weighted by Crippen LogP contribution is -2.21. The number of hydrogen-bond acceptors (Lipinski definition) is 4. The third kappa shape index (κ3) is 6.49. The molecule has 0 aromatic carbocycles. The second-order valence-electron chi connectivity index (χ2n) is 6.75. The zero-order valence-corrected chi connectivity index (χ0v) is 15.0. The molecule has 0 N–H and O–H groups in total. The molecular formula is C20H27NO3. The molecule has 0 spiro atoms. The highest BCUT2D eigenvalue weighted by atomic mass is 16.7. The van der Waals surface area contributed by atoms with Crippen LogP contribution in [0.5, 0.6) is 0 Å². The van der Waals surface area contributed by atoms with Crippen molar-refractivity contribution >= 4 is 6.29 Å². The Bertz CT molecular complexity index is 604. The Morgan fingerprint density at radius 2 is 1.92 bits per heavy atom. The summed E-state index contributed by atoms with van der Waals surface area (Å²) in [5.74, 6) is 0. The lowest BCUT2D eigenvalue weighted by molar-refractivity contribution is -0.104. The molecule has 24 heavy (non-hydrogen) atoms. The maximum absolute atomic E-state index is 10.4. The molecule has 1 aliphatic carbocycles. The highest BCUT2D eigenvalue weighted by Gasteiger charge is 2.28. The number of hydrogen-bond donors (Lipinski definition) is 0. The van der Waals surface area contributed by atoms with Crippen LogP contribution >= 0.6 is 0 Å². The van der Waals surface area contributed by atoms with Gasteiger partial charge in [-0.2, -0.15) is 0 Å². The molecule has 0 heterocycles. The first-order chi connectivity index (χ1) is 11.4. The van der Waals surface area contributed by atoms with Crippen LogP contribution in [0.3, 0.4) is 0 Å². The van der Waals surface area contributed by atoms with E-state index >= 15 is 0 Å². The fourth-order valence-electron chi connectivity index (χ4n) is 2.87. The predicted octanol–water partition coefficient (Wildman–Crippen LogP) is 5.40. The number of aldehydes is 1. The molecule has 1 aliphatic rings. The summed E-state index contributed by atoms with van der Waals surface area (Å²) in [6.07, 6.45) is 15.5. The number of carbonyl (C=O) groups is 1. The summed E-state index contributed by atoms with van der Waals surface area (Å²) in [6, 6.07) is 0. The van der Waals surface area contributed by atoms with Gasteiger partial charge in [0, 0.05) is 0 Å². The van der Waals surface area contributed by atoms with E-state index in [0.717, 1.165) is 42.3 Å². The number of carbonyl (C=O) groups excluding carboxylic acids is 1. The second kappa shape index (κ2) is 9.81. The molecule has 4 heteroatoms. The highest BCUT2D eigenvalue weighted by Crippen LogP contribution is 2.41. The maximum atomic E-state index is 10.4. The van der Waals surface area contributed by atoms with Gasteiger partial charge in [-0.05, 0) is 61.3 Å². The predicted molar refractivity (Wildman–Crippen MR) is 98.3 cm³/mol. The molecule has 130 valence electrons. The molecule has 0 aromatic rings. The Morgan fingerprint density at radius 3 is 2.58 bits per heavy atom. The van der Waals surface area contributed by atoms with Crippen molar-refractivity contribution in [2.45, 2.75) is 47.0 Å². The molecule has 0 atom stereocenters. The molecule has 0 radical (unpaired) electrons. The minimum atomic E-state index is 0.0652. The van der Waals surface area contributed by atoms with Gasteiger partial charge in [0.05, 0.1) is 0 Å². The van der Waals surface area contributed by atoms with Crippen molar-refractivity contribution in [2.75, 3.05) is 6.61 Å². The molecule has 0 unspecified atom stereocenters. The van der Waals surface area contributed by atoms with E-state index in [-0.39, 0.29) is 12.0 Å². The third-order valence-electron chi connectivity index (χ3n) is 4.24. The van der Waals surface area contributed by atoms with E-state index in [9.17, 15) is 9.70 Å². The van der Waals surface area contributed by atoms with E-state index in [0.29, 0.717) is 0 Å². The molecule has 0 aliphatic heterocycles. The van der Waals surface area contributed by atoms with Crippen LogP contribution in [-0.4, -0.2) is 12.9 Å². The smallest absolute Gasteiger partial charge is 0.155 e. The van der Waals surface area contributed by atoms with Crippen LogP contribution in [0.15, 0.2) is 64.1 Å². The Labute approximate surface area is 144 Å². The van der Waals surface area contributed by atoms with Crippen molar-refractivity contribution in [3.8, 4) is 0 Å². The van der Waals surface area contributed by atoms with E-state index in [1.165, 1.54) is 11.6 Å². The van der Waals surface area contributed by atoms with Crippen molar-refractivity contribution in [2.24, 2.45) is 10.8 Å². The highest BCUT2D eigenvalue weighted by molar-refractivity contribution is 5.66. The van der Waals surface area contributed by atoms with Gasteiger partial charge in [0.25, 0.3) is 0 Å². The van der Waals surface area contributed by atoms with Gasteiger partial charge in [-0.3, -0.25) is 4.79 Å². The summed E-state index contributed by atoms with van der Waals surface area (Å²) in [6.45, 7) is 8.61. The zero-order valence-electron chi connectivity index (χ0n) is 15.0. The Balaban J connectivity index is 2.93. The minimum Gasteiger partial charge on any atom is -0.360 e. The van der Waals surface area contributed by atoms with Crippen LogP contribution in [0.1, 0.15) is 47.0 Å². The van der Waals surface area contributed by atoms with E-state index in [4.69, 9.17) is 4.84 Å². The molecule has 0 fully saturated rings. The lowest BCUT2D eigenvalue weighted by Gasteiger charge is -2.33. The average Bonchev–Trinajstić information content (AvgIpc) is 2.51. The Kier molecular flexibility index (Phi) is 8.10. The maximum Gasteiger partial charge on any atom is 0.155 e. The van der Waals surface area contributed by atoms with Crippen molar-refractivity contribution in [1.29, 1.82) is 0 Å². The fourth-order valence-corrected chi connectivity index (χ4v) is 2.87. The molecule has 1 rings (SSSR count). The minimum absolute atomic E-state index is 0.0652. The fraction of sp³-hybridized carbons (Fsp3) is 0.450. The topological polar surface area (TPSA) is 55.7 Å². The van der Waals surface area contributed by atoms with Crippen molar-refractivity contribution in [1.82, 2.24) is 0 Å². The van der Waals surface area contributed by atoms with Gasteiger partial charge in [0.15, 0.2) is 5.34 Å². The normalized spacial score (nSPS) is 19.2. The van der Waals surface area contributed by atoms with Gasteiger partial charge in [-0.25, -0.2) is 0 Å². The van der Waals surface area contributed by atoms with E-state index in [1.807, 2.05) is 32.1 Å². The number of rotatable bonds is 8. The first-order valence-corrected chi connectivity index (χ1v) is 8.23. The molecule has 0 bridgehead atoms. The quantitative estimate of drug-likeness (QED) is 0.197. The molecule has 0 saturated carbocycles. The molecule has 0 saturated heterocycles. The molecule has 0 amide bonds. The van der Waals surface area contributed by atoms with Crippen LogP contribution in [-0.2, 0) is 9.63 Å². The monoisotopic (exact) mass is 329 g/mol. The van der Waals surface area contributed by atoms with Crippen LogP contribution in [0, 0.1) is 10.3 Å². The summed E-state index contributed by atoms with van der Waals surface area (Å²) in [7, 11) is 0. The van der Waals surface area contributed by atoms with Crippen LogP contribution in [0.25, 0.3) is 0 Å². The Hall–Kier alpha value is -2.23. The summed E-state index contributed by atoms with van der Waals surface area (Å²) >= 11 is 0. The van der Waals surface area contributed by atoms with Gasteiger partial charge in [-0.1, -0.05) is 49.8 Å². The molecule has 4 nitrogen and oxygen atoms in total. The van der Waals surface area contributed by atoms with Crippen molar-refractivity contribution in [3.63, 3.8) is 0 Å². The second-order valence-corrected chi connectivity index (χ2v) is 6.75. The Morgan fingerprint density at radius 1 is 1.21 bits per heavy atom. The SMILES string of the molecule is CC(C=CC=C(C)C=CC1=C(CON=O)CCCC1(C)C)=CC=O. The lowest BCUT2D eigenvalue weighted by atomic mass is 9.72. The van der Waals surface area contributed by atoms with E-state index < -0.39 is 0 Å². The van der Waals surface area contributed by atoms with E-state index in [2.05, 4.69) is 31.3 Å². The molecule has 0 aromatic heterocycles. The summed E-state index contributed by atoms with van der Waals surface area (Å²) in [5, 5.41) is 2.52. The van der Waals surface area contributed by atoms with Crippen LogP contribution in [0.2, 0.25) is 0 Å². The largest absolute Gasteiger partial charge is 0.360 e. The zero-order chi connectivity index (χ0) is 18.0. The summed E-state index contributed by atoms with van der Waals surface area (Å²) < 4.78 is 0. The summed E-state index contributed by atoms with van der Waals surface area (Å²) in [4.78, 5) is 25.4. The number of allylic oxidation sites excluding steroid dienone is 9. The van der Waals surface area contributed by atoms with Gasteiger partial charge in [-0.15, -0.1) is 4.91 Å².